The van der Waals surface area contributed by atoms with Gasteiger partial charge in [-0.15, -0.1) is 11.3 Å². The molecule has 0 amide bonds. The lowest BCUT2D eigenvalue weighted by atomic mass is 10.0. The fourth-order valence-electron chi connectivity index (χ4n) is 2.82. The number of nitrogens with zero attached hydrogens (tertiary/aromatic N) is 2. The van der Waals surface area contributed by atoms with Gasteiger partial charge in [0.25, 0.3) is 0 Å². The van der Waals surface area contributed by atoms with Crippen molar-refractivity contribution in [2.75, 3.05) is 19.8 Å². The number of hydrogen-bond donors (Lipinski definition) is 0. The lowest BCUT2D eigenvalue weighted by Gasteiger charge is -2.35. The van der Waals surface area contributed by atoms with Crippen LogP contribution in [-0.4, -0.2) is 36.5 Å². The molecule has 6 heteroatoms. The van der Waals surface area contributed by atoms with Gasteiger partial charge in [-0.2, -0.15) is 5.26 Å². The van der Waals surface area contributed by atoms with E-state index in [2.05, 4.69) is 4.90 Å². The lowest BCUT2D eigenvalue weighted by molar-refractivity contribution is -0.0129. The number of nitriles is 1. The molecule has 1 aliphatic rings. The average Bonchev–Trinajstić information content (AvgIpc) is 3.13. The molecular formula is C18H17FN2O2S. The fourth-order valence-corrected chi connectivity index (χ4v) is 3.50. The van der Waals surface area contributed by atoms with Gasteiger partial charge in [-0.3, -0.25) is 9.69 Å². The molecule has 2 aromatic rings. The predicted molar refractivity (Wildman–Crippen MR) is 89.4 cm³/mol. The standard InChI is InChI=1S/C18H17FN2O2S/c19-16-4-3-13(10-20)8-14(16)11-21-5-6-23-12-15(21)9-17(22)18-2-1-7-24-18/h1-4,7-8,15H,5-6,9,11-12H2/t15-/m1/s1. The Hall–Kier alpha value is -2.07. The summed E-state index contributed by atoms with van der Waals surface area (Å²) in [5.41, 5.74) is 0.912. The van der Waals surface area contributed by atoms with Crippen LogP contribution in [0.15, 0.2) is 35.7 Å². The van der Waals surface area contributed by atoms with Crippen LogP contribution in [0.25, 0.3) is 0 Å². The molecule has 1 aliphatic heterocycles. The molecular weight excluding hydrogens is 327 g/mol. The van der Waals surface area contributed by atoms with E-state index in [-0.39, 0.29) is 17.6 Å². The van der Waals surface area contributed by atoms with E-state index in [1.807, 2.05) is 23.6 Å². The summed E-state index contributed by atoms with van der Waals surface area (Å²) in [6, 6.07) is 9.98. The van der Waals surface area contributed by atoms with Crippen molar-refractivity contribution in [1.82, 2.24) is 4.90 Å². The molecule has 0 bridgehead atoms. The Kier molecular flexibility index (Phi) is 5.36. The van der Waals surface area contributed by atoms with Crippen LogP contribution >= 0.6 is 11.3 Å². The van der Waals surface area contributed by atoms with Crippen molar-refractivity contribution in [1.29, 1.82) is 5.26 Å². The van der Waals surface area contributed by atoms with Crippen molar-refractivity contribution in [2.45, 2.75) is 19.0 Å². The summed E-state index contributed by atoms with van der Waals surface area (Å²) in [6.07, 6.45) is 0.347. The number of halogens is 1. The highest BCUT2D eigenvalue weighted by Gasteiger charge is 2.27. The molecule has 1 aromatic heterocycles. The van der Waals surface area contributed by atoms with Gasteiger partial charge in [0.1, 0.15) is 5.82 Å². The molecule has 4 nitrogen and oxygen atoms in total. The first-order chi connectivity index (χ1) is 11.7. The van der Waals surface area contributed by atoms with E-state index in [0.29, 0.717) is 43.9 Å². The highest BCUT2D eigenvalue weighted by atomic mass is 32.1. The van der Waals surface area contributed by atoms with Gasteiger partial charge in [0.2, 0.25) is 0 Å². The molecule has 1 saturated heterocycles. The topological polar surface area (TPSA) is 53.3 Å². The van der Waals surface area contributed by atoms with Crippen molar-refractivity contribution in [2.24, 2.45) is 0 Å². The Bertz CT molecular complexity index is 755. The summed E-state index contributed by atoms with van der Waals surface area (Å²) in [6.45, 7) is 2.02. The summed E-state index contributed by atoms with van der Waals surface area (Å²) < 4.78 is 19.5. The molecule has 0 unspecified atom stereocenters. The van der Waals surface area contributed by atoms with Crippen LogP contribution in [0.2, 0.25) is 0 Å². The van der Waals surface area contributed by atoms with Gasteiger partial charge < -0.3 is 4.74 Å². The number of benzene rings is 1. The van der Waals surface area contributed by atoms with Crippen LogP contribution in [0.3, 0.4) is 0 Å². The quantitative estimate of drug-likeness (QED) is 0.782. The Morgan fingerprint density at radius 3 is 3.08 bits per heavy atom. The van der Waals surface area contributed by atoms with E-state index in [4.69, 9.17) is 10.00 Å². The minimum absolute atomic E-state index is 0.0803. The Morgan fingerprint density at radius 2 is 2.33 bits per heavy atom. The number of ether oxygens (including phenoxy) is 1. The molecule has 2 heterocycles. The molecule has 3 rings (SSSR count). The SMILES string of the molecule is N#Cc1ccc(F)c(CN2CCOC[C@H]2CC(=O)c2cccs2)c1. The van der Waals surface area contributed by atoms with Crippen LogP contribution in [-0.2, 0) is 11.3 Å². The highest BCUT2D eigenvalue weighted by Crippen LogP contribution is 2.21. The van der Waals surface area contributed by atoms with Crippen LogP contribution in [0, 0.1) is 17.1 Å². The number of ketones is 1. The maximum atomic E-state index is 14.0. The summed E-state index contributed by atoms with van der Waals surface area (Å²) in [4.78, 5) is 15.1. The van der Waals surface area contributed by atoms with Crippen molar-refractivity contribution in [3.63, 3.8) is 0 Å². The highest BCUT2D eigenvalue weighted by molar-refractivity contribution is 7.12. The average molecular weight is 344 g/mol. The fraction of sp³-hybridized carbons (Fsp3) is 0.333. The number of carbonyl (C=O) groups excluding carboxylic acids is 1. The van der Waals surface area contributed by atoms with E-state index in [1.165, 1.54) is 23.5 Å². The maximum Gasteiger partial charge on any atom is 0.174 e. The zero-order valence-corrected chi connectivity index (χ0v) is 13.9. The normalized spacial score (nSPS) is 18.2. The minimum Gasteiger partial charge on any atom is -0.378 e. The Labute approximate surface area is 144 Å². The molecule has 1 aromatic carbocycles. The van der Waals surface area contributed by atoms with Crippen LogP contribution in [0.4, 0.5) is 4.39 Å². The number of rotatable bonds is 5. The molecule has 0 spiro atoms. The Balaban J connectivity index is 1.73. The van der Waals surface area contributed by atoms with Crippen molar-refractivity contribution >= 4 is 17.1 Å². The van der Waals surface area contributed by atoms with Crippen molar-refractivity contribution in [3.8, 4) is 6.07 Å². The number of hydrogen-bond acceptors (Lipinski definition) is 5. The molecule has 124 valence electrons. The molecule has 1 atom stereocenters. The number of carbonyl (C=O) groups is 1. The van der Waals surface area contributed by atoms with Gasteiger partial charge in [-0.1, -0.05) is 6.07 Å². The van der Waals surface area contributed by atoms with Crippen LogP contribution in [0.5, 0.6) is 0 Å². The van der Waals surface area contributed by atoms with Gasteiger partial charge in [0, 0.05) is 31.1 Å². The monoisotopic (exact) mass is 344 g/mol. The number of Topliss-reactive ketones (excluding diaryl/α,β-unsaturated/α-hetero) is 1. The Morgan fingerprint density at radius 1 is 1.46 bits per heavy atom. The molecule has 0 aliphatic carbocycles. The summed E-state index contributed by atoms with van der Waals surface area (Å²) in [7, 11) is 0. The molecule has 24 heavy (non-hydrogen) atoms. The van der Waals surface area contributed by atoms with Gasteiger partial charge >= 0.3 is 0 Å². The second kappa shape index (κ2) is 7.67. The first-order valence-corrected chi connectivity index (χ1v) is 8.62. The predicted octanol–water partition coefficient (Wildman–Crippen LogP) is 3.23. The third-order valence-corrected chi connectivity index (χ3v) is 5.03. The second-order valence-corrected chi connectivity index (χ2v) is 6.67. The lowest BCUT2D eigenvalue weighted by Crippen LogP contribution is -2.46. The smallest absolute Gasteiger partial charge is 0.174 e. The van der Waals surface area contributed by atoms with Crippen LogP contribution in [0.1, 0.15) is 27.2 Å². The van der Waals surface area contributed by atoms with E-state index in [1.54, 1.807) is 6.07 Å². The van der Waals surface area contributed by atoms with Gasteiger partial charge in [-0.25, -0.2) is 4.39 Å². The summed E-state index contributed by atoms with van der Waals surface area (Å²) in [5.74, 6) is -0.249. The van der Waals surface area contributed by atoms with E-state index < -0.39 is 0 Å². The van der Waals surface area contributed by atoms with Crippen molar-refractivity contribution in [3.05, 3.63) is 57.5 Å². The molecule has 0 N–H and O–H groups in total. The van der Waals surface area contributed by atoms with Crippen molar-refractivity contribution < 1.29 is 13.9 Å². The zero-order chi connectivity index (χ0) is 16.9. The third-order valence-electron chi connectivity index (χ3n) is 4.11. The number of thiophene rings is 1. The molecule has 1 fully saturated rings. The summed E-state index contributed by atoms with van der Waals surface area (Å²) in [5, 5.41) is 10.9. The largest absolute Gasteiger partial charge is 0.378 e. The molecule has 0 radical (unpaired) electrons. The van der Waals surface area contributed by atoms with E-state index >= 15 is 0 Å². The third kappa shape index (κ3) is 3.88. The maximum absolute atomic E-state index is 14.0. The summed E-state index contributed by atoms with van der Waals surface area (Å²) >= 11 is 1.43. The molecule has 0 saturated carbocycles. The van der Waals surface area contributed by atoms with E-state index in [9.17, 15) is 9.18 Å². The second-order valence-electron chi connectivity index (χ2n) is 5.72. The first kappa shape index (κ1) is 16.8. The van der Waals surface area contributed by atoms with E-state index in [0.717, 1.165) is 4.88 Å². The van der Waals surface area contributed by atoms with Gasteiger partial charge in [0.05, 0.1) is 29.7 Å². The van der Waals surface area contributed by atoms with Gasteiger partial charge in [0.15, 0.2) is 5.78 Å². The van der Waals surface area contributed by atoms with Crippen LogP contribution < -0.4 is 0 Å². The minimum atomic E-state index is -0.330. The van der Waals surface area contributed by atoms with Gasteiger partial charge in [-0.05, 0) is 29.6 Å². The number of morpholine rings is 1. The zero-order valence-electron chi connectivity index (χ0n) is 13.1. The first-order valence-electron chi connectivity index (χ1n) is 7.74.